The summed E-state index contributed by atoms with van der Waals surface area (Å²) in [6.07, 6.45) is 0. The molecule has 0 unspecified atom stereocenters. The Morgan fingerprint density at radius 1 is 0.329 bits per heavy atom. The zero-order chi connectivity index (χ0) is 63.6. The summed E-state index contributed by atoms with van der Waals surface area (Å²) < 4.78 is 188. The van der Waals surface area contributed by atoms with Crippen LogP contribution in [-0.2, 0) is 0 Å². The number of rotatable bonds is 8. The summed E-state index contributed by atoms with van der Waals surface area (Å²) in [5.41, 5.74) is -0.714. The van der Waals surface area contributed by atoms with Crippen molar-refractivity contribution in [2.24, 2.45) is 0 Å². The van der Waals surface area contributed by atoms with Gasteiger partial charge in [-0.2, -0.15) is 4.98 Å². The van der Waals surface area contributed by atoms with E-state index in [1.807, 2.05) is 66.7 Å². The van der Waals surface area contributed by atoms with Gasteiger partial charge in [-0.05, 0) is 63.1 Å². The first kappa shape index (κ1) is 24.8. The molecular weight excluding hydrogens is 867 g/mol. The molecule has 14 rings (SSSR count). The van der Waals surface area contributed by atoms with Crippen molar-refractivity contribution in [3.63, 3.8) is 0 Å². The van der Waals surface area contributed by atoms with Gasteiger partial charge in [-0.1, -0.05) is 212 Å². The van der Waals surface area contributed by atoms with Crippen LogP contribution in [0.25, 0.3) is 94.1 Å². The van der Waals surface area contributed by atoms with E-state index >= 15 is 0 Å². The number of hydrogen-bond donors (Lipinski definition) is 0. The van der Waals surface area contributed by atoms with Crippen LogP contribution in [0.15, 0.2) is 260 Å². The molecule has 5 nitrogen and oxygen atoms in total. The summed E-state index contributed by atoms with van der Waals surface area (Å²) in [6.45, 7) is 0. The highest BCUT2D eigenvalue weighted by atomic mass is 28.3. The van der Waals surface area contributed by atoms with E-state index in [0.717, 1.165) is 29.9 Å². The first-order valence-electron chi connectivity index (χ1n) is 32.3. The molecule has 0 radical (unpaired) electrons. The van der Waals surface area contributed by atoms with Gasteiger partial charge in [-0.3, -0.25) is 9.13 Å². The van der Waals surface area contributed by atoms with Crippen LogP contribution in [0.2, 0.25) is 0 Å². The fraction of sp³-hybridized carbons (Fsp3) is 0. The number of nitrogens with zero attached hydrogens (tertiary/aromatic N) is 5. The molecule has 328 valence electrons. The summed E-state index contributed by atoms with van der Waals surface area (Å²) in [7, 11) is -3.56. The summed E-state index contributed by atoms with van der Waals surface area (Å²) >= 11 is 0. The number of para-hydroxylation sites is 6. The van der Waals surface area contributed by atoms with Crippen molar-refractivity contribution in [3.8, 4) is 28.7 Å². The van der Waals surface area contributed by atoms with Gasteiger partial charge in [0.05, 0.1) is 71.9 Å². The molecule has 70 heavy (non-hydrogen) atoms. The molecule has 0 aliphatic carbocycles. The third kappa shape index (κ3) is 5.97. The average Bonchev–Trinajstić information content (AvgIpc) is 1.50. The summed E-state index contributed by atoms with van der Waals surface area (Å²) in [5.74, 6) is -0.905. The quantitative estimate of drug-likeness (QED) is 0.113. The highest BCUT2D eigenvalue weighted by Gasteiger charge is 2.42. The van der Waals surface area contributed by atoms with E-state index in [-0.39, 0.29) is 72.3 Å². The van der Waals surface area contributed by atoms with Crippen LogP contribution in [0.5, 0.6) is 0 Å². The van der Waals surface area contributed by atoms with Gasteiger partial charge in [0.25, 0.3) is 0 Å². The van der Waals surface area contributed by atoms with Crippen molar-refractivity contribution < 1.29 is 27.4 Å². The van der Waals surface area contributed by atoms with E-state index in [0.29, 0.717) is 10.9 Å². The zero-order valence-corrected chi connectivity index (χ0v) is 37.5. The van der Waals surface area contributed by atoms with Gasteiger partial charge >= 0.3 is 0 Å². The van der Waals surface area contributed by atoms with Crippen LogP contribution in [-0.4, -0.2) is 31.7 Å². The first-order chi connectivity index (χ1) is 43.1. The SMILES string of the molecule is [2H]c1c([2H])c([2H])c2c(c1[2H])c1ccccc1n2-c1cc([Si](c2ccccc2)(c2ccccc2)c2ccccc2)ccc1-c1cc(-n2c3c([2H])c([2H])c([2H])c([2H])c3c3c([2H])c([2H])c([2H])c([2H])c32)nc(-n2c3c([2H])c([2H])c([2H])c([2H])c3c3c([2H])c([2H])c([2H])c([2H])c32)n1. The Morgan fingerprint density at radius 3 is 1.24 bits per heavy atom. The van der Waals surface area contributed by atoms with E-state index in [1.165, 1.54) is 6.07 Å². The van der Waals surface area contributed by atoms with Gasteiger partial charge in [0.1, 0.15) is 5.82 Å². The molecule has 14 aromatic rings. The second-order valence-corrected chi connectivity index (χ2v) is 20.4. The molecule has 0 spiro atoms. The average molecular weight is 930 g/mol. The lowest BCUT2D eigenvalue weighted by molar-refractivity contribution is 0.951. The number of benzene rings is 10. The van der Waals surface area contributed by atoms with Crippen molar-refractivity contribution in [2.45, 2.75) is 0 Å². The maximum atomic E-state index is 9.76. The molecule has 0 aliphatic rings. The van der Waals surface area contributed by atoms with E-state index < -0.39 is 140 Å². The van der Waals surface area contributed by atoms with Gasteiger partial charge in [0.2, 0.25) is 5.95 Å². The molecule has 0 fully saturated rings. The third-order valence-corrected chi connectivity index (χ3v) is 17.8. The number of aromatic nitrogens is 5. The van der Waals surface area contributed by atoms with E-state index in [4.69, 9.17) is 22.3 Å². The van der Waals surface area contributed by atoms with Crippen molar-refractivity contribution in [1.82, 2.24) is 23.7 Å². The summed E-state index contributed by atoms with van der Waals surface area (Å²) in [5, 5.41) is 2.98. The van der Waals surface area contributed by atoms with Crippen LogP contribution in [0, 0.1) is 0 Å². The first-order valence-corrected chi connectivity index (χ1v) is 24.3. The van der Waals surface area contributed by atoms with Crippen LogP contribution >= 0.6 is 0 Å². The topological polar surface area (TPSA) is 40.6 Å². The normalized spacial score (nSPS) is 16.0. The Morgan fingerprint density at radius 2 is 0.743 bits per heavy atom. The minimum Gasteiger partial charge on any atom is -0.309 e. The van der Waals surface area contributed by atoms with Gasteiger partial charge < -0.3 is 4.57 Å². The van der Waals surface area contributed by atoms with Crippen molar-refractivity contribution in [3.05, 3.63) is 260 Å². The zero-order valence-electron chi connectivity index (χ0n) is 56.5. The molecule has 0 aliphatic heterocycles. The van der Waals surface area contributed by atoms with Gasteiger partial charge in [-0.15, -0.1) is 0 Å². The molecule has 0 atom stereocenters. The molecule has 6 heteroatoms. The predicted octanol–water partition coefficient (Wildman–Crippen LogP) is 12.8. The number of fused-ring (bicyclic) bond motifs is 9. The Balaban J connectivity index is 1.25. The summed E-state index contributed by atoms with van der Waals surface area (Å²) in [6, 6.07) is 30.8. The Labute approximate surface area is 433 Å². The molecule has 10 aromatic carbocycles. The number of hydrogen-bond acceptors (Lipinski definition) is 2. The Bertz CT molecular complexity index is 5070. The molecule has 0 bridgehead atoms. The van der Waals surface area contributed by atoms with Crippen LogP contribution < -0.4 is 20.7 Å². The second kappa shape index (κ2) is 16.0. The Kier molecular flexibility index (Phi) is 5.67. The molecule has 4 heterocycles. The minimum absolute atomic E-state index is 0.0604. The maximum Gasteiger partial charge on any atom is 0.237 e. The van der Waals surface area contributed by atoms with Gasteiger partial charge in [0, 0.05) is 43.9 Å². The lowest BCUT2D eigenvalue weighted by Crippen LogP contribution is -2.74. The highest BCUT2D eigenvalue weighted by Crippen LogP contribution is 2.39. The van der Waals surface area contributed by atoms with Crippen LogP contribution in [0.4, 0.5) is 0 Å². The monoisotopic (exact) mass is 929 g/mol. The van der Waals surface area contributed by atoms with Gasteiger partial charge in [-0.25, -0.2) is 4.98 Å². The Hall–Kier alpha value is -9.10. The molecule has 0 N–H and O–H groups in total. The van der Waals surface area contributed by atoms with E-state index in [1.54, 1.807) is 34.9 Å². The molecule has 4 aromatic heterocycles. The predicted molar refractivity (Wildman–Crippen MR) is 294 cm³/mol. The third-order valence-electron chi connectivity index (χ3n) is 13.1. The largest absolute Gasteiger partial charge is 0.309 e. The van der Waals surface area contributed by atoms with E-state index in [9.17, 15) is 15.1 Å². The van der Waals surface area contributed by atoms with Crippen LogP contribution in [0.1, 0.15) is 27.4 Å². The van der Waals surface area contributed by atoms with Crippen molar-refractivity contribution >= 4 is 94.2 Å². The minimum atomic E-state index is -3.56. The lowest BCUT2D eigenvalue weighted by Gasteiger charge is -2.35. The molecular formula is C64H43N5Si. The smallest absolute Gasteiger partial charge is 0.237 e. The maximum absolute atomic E-state index is 9.76. The van der Waals surface area contributed by atoms with Crippen molar-refractivity contribution in [2.75, 3.05) is 0 Å². The second-order valence-electron chi connectivity index (χ2n) is 16.6. The standard InChI is InChI=1S/C64H43N5Si/c1-4-22-44(23-5-1)70(45-24-6-2-7-25-45,46-26-8-3-9-27-46)47-40-41-54(62(42-47)67-56-34-16-10-28-48(56)49-29-11-17-35-57(49)67)55-43-63(68-58-36-18-12-30-50(58)51-31-13-19-37-59(51)68)66-64(65-55)69-60-38-20-14-32-52(60)53-33-15-21-39-61(53)69/h1-43H/i10D,12D,13D,14D,15D,16D,18D,19D,20D,21D,28D,30D,31D,32D,33D,34D,36D,37D,38D,39D. The lowest BCUT2D eigenvalue weighted by atomic mass is 10.1. The van der Waals surface area contributed by atoms with Crippen LogP contribution in [0.3, 0.4) is 0 Å². The van der Waals surface area contributed by atoms with Gasteiger partial charge in [0.15, 0.2) is 8.07 Å². The molecule has 0 amide bonds. The fourth-order valence-electron chi connectivity index (χ4n) is 10.2. The summed E-state index contributed by atoms with van der Waals surface area (Å²) in [4.78, 5) is 10.3. The van der Waals surface area contributed by atoms with E-state index in [2.05, 4.69) is 36.4 Å². The molecule has 0 saturated heterocycles. The fourth-order valence-corrected chi connectivity index (χ4v) is 15.0. The van der Waals surface area contributed by atoms with Crippen molar-refractivity contribution in [1.29, 1.82) is 0 Å². The highest BCUT2D eigenvalue weighted by molar-refractivity contribution is 7.19. The molecule has 0 saturated carbocycles.